The SMILES string of the molecule is CC(C)(C)C1CCC(CNCCc2ccccn2)CC1. The second kappa shape index (κ2) is 7.21. The second-order valence-electron chi connectivity index (χ2n) is 7.36. The lowest BCUT2D eigenvalue weighted by Gasteiger charge is -2.37. The zero-order valence-corrected chi connectivity index (χ0v) is 13.4. The highest BCUT2D eigenvalue weighted by atomic mass is 14.9. The van der Waals surface area contributed by atoms with E-state index in [2.05, 4.69) is 43.2 Å². The Balaban J connectivity index is 1.60. The first-order valence-electron chi connectivity index (χ1n) is 8.16. The van der Waals surface area contributed by atoms with E-state index in [9.17, 15) is 0 Å². The molecule has 0 atom stereocenters. The number of hydrogen-bond donors (Lipinski definition) is 1. The Kier molecular flexibility index (Phi) is 5.59. The van der Waals surface area contributed by atoms with E-state index in [1.54, 1.807) is 0 Å². The fraction of sp³-hybridized carbons (Fsp3) is 0.722. The zero-order chi connectivity index (χ0) is 14.4. The van der Waals surface area contributed by atoms with E-state index < -0.39 is 0 Å². The van der Waals surface area contributed by atoms with Crippen molar-refractivity contribution in [3.8, 4) is 0 Å². The third kappa shape index (κ3) is 4.90. The lowest BCUT2D eigenvalue weighted by atomic mass is 9.70. The van der Waals surface area contributed by atoms with Crippen molar-refractivity contribution >= 4 is 0 Å². The molecule has 20 heavy (non-hydrogen) atoms. The van der Waals surface area contributed by atoms with Crippen molar-refractivity contribution in [3.63, 3.8) is 0 Å². The molecule has 2 nitrogen and oxygen atoms in total. The van der Waals surface area contributed by atoms with Crippen molar-refractivity contribution in [1.29, 1.82) is 0 Å². The quantitative estimate of drug-likeness (QED) is 0.819. The van der Waals surface area contributed by atoms with Crippen LogP contribution in [0.5, 0.6) is 0 Å². The summed E-state index contributed by atoms with van der Waals surface area (Å²) in [6.45, 7) is 9.41. The van der Waals surface area contributed by atoms with Gasteiger partial charge < -0.3 is 5.32 Å². The summed E-state index contributed by atoms with van der Waals surface area (Å²) in [5.41, 5.74) is 1.69. The monoisotopic (exact) mass is 274 g/mol. The Hall–Kier alpha value is -0.890. The molecule has 0 unspecified atom stereocenters. The molecule has 1 aromatic heterocycles. The highest BCUT2D eigenvalue weighted by molar-refractivity contribution is 5.03. The van der Waals surface area contributed by atoms with Crippen LogP contribution >= 0.6 is 0 Å². The molecular formula is C18H30N2. The summed E-state index contributed by atoms with van der Waals surface area (Å²) >= 11 is 0. The number of nitrogens with zero attached hydrogens (tertiary/aromatic N) is 1. The Morgan fingerprint density at radius 3 is 2.50 bits per heavy atom. The van der Waals surface area contributed by atoms with Gasteiger partial charge in [0.25, 0.3) is 0 Å². The third-order valence-electron chi connectivity index (χ3n) is 4.79. The lowest BCUT2D eigenvalue weighted by Crippen LogP contribution is -2.31. The van der Waals surface area contributed by atoms with Gasteiger partial charge in [-0.2, -0.15) is 0 Å². The molecule has 0 aliphatic heterocycles. The Labute approximate surface area is 124 Å². The lowest BCUT2D eigenvalue weighted by molar-refractivity contribution is 0.149. The minimum Gasteiger partial charge on any atom is -0.316 e. The van der Waals surface area contributed by atoms with E-state index >= 15 is 0 Å². The molecule has 1 fully saturated rings. The first-order valence-corrected chi connectivity index (χ1v) is 8.16. The highest BCUT2D eigenvalue weighted by Gasteiger charge is 2.29. The molecule has 0 bridgehead atoms. The van der Waals surface area contributed by atoms with Crippen molar-refractivity contribution in [2.45, 2.75) is 52.9 Å². The van der Waals surface area contributed by atoms with Gasteiger partial charge in [-0.15, -0.1) is 0 Å². The summed E-state index contributed by atoms with van der Waals surface area (Å²) in [6.07, 6.45) is 8.55. The van der Waals surface area contributed by atoms with Crippen LogP contribution in [0.2, 0.25) is 0 Å². The van der Waals surface area contributed by atoms with E-state index in [0.717, 1.165) is 24.8 Å². The molecular weight excluding hydrogens is 244 g/mol. The van der Waals surface area contributed by atoms with E-state index in [1.165, 1.54) is 37.9 Å². The molecule has 1 N–H and O–H groups in total. The normalized spacial score (nSPS) is 23.8. The molecule has 1 aliphatic carbocycles. The van der Waals surface area contributed by atoms with Crippen LogP contribution in [0.3, 0.4) is 0 Å². The van der Waals surface area contributed by atoms with Gasteiger partial charge in [-0.1, -0.05) is 26.8 Å². The van der Waals surface area contributed by atoms with Crippen molar-refractivity contribution in [1.82, 2.24) is 10.3 Å². The number of pyridine rings is 1. The average Bonchev–Trinajstić information content (AvgIpc) is 2.44. The van der Waals surface area contributed by atoms with Crippen LogP contribution in [0.4, 0.5) is 0 Å². The maximum absolute atomic E-state index is 4.36. The summed E-state index contributed by atoms with van der Waals surface area (Å²) in [6, 6.07) is 6.15. The minimum atomic E-state index is 0.497. The third-order valence-corrected chi connectivity index (χ3v) is 4.79. The molecule has 1 heterocycles. The number of aromatic nitrogens is 1. The average molecular weight is 274 g/mol. The maximum Gasteiger partial charge on any atom is 0.0416 e. The van der Waals surface area contributed by atoms with Gasteiger partial charge in [-0.3, -0.25) is 4.98 Å². The maximum atomic E-state index is 4.36. The molecule has 0 radical (unpaired) electrons. The smallest absolute Gasteiger partial charge is 0.0416 e. The second-order valence-corrected chi connectivity index (χ2v) is 7.36. The van der Waals surface area contributed by atoms with E-state index in [1.807, 2.05) is 12.3 Å². The first kappa shape index (κ1) is 15.5. The Morgan fingerprint density at radius 2 is 1.90 bits per heavy atom. The fourth-order valence-corrected chi connectivity index (χ4v) is 3.30. The van der Waals surface area contributed by atoms with Gasteiger partial charge in [0.05, 0.1) is 0 Å². The topological polar surface area (TPSA) is 24.9 Å². The molecule has 0 saturated heterocycles. The summed E-state index contributed by atoms with van der Waals surface area (Å²) in [7, 11) is 0. The summed E-state index contributed by atoms with van der Waals surface area (Å²) in [4.78, 5) is 4.36. The largest absolute Gasteiger partial charge is 0.316 e. The molecule has 1 aromatic rings. The molecule has 112 valence electrons. The van der Waals surface area contributed by atoms with Crippen LogP contribution in [-0.4, -0.2) is 18.1 Å². The van der Waals surface area contributed by atoms with E-state index in [0.29, 0.717) is 5.41 Å². The Bertz CT molecular complexity index is 372. The van der Waals surface area contributed by atoms with Crippen LogP contribution in [0.25, 0.3) is 0 Å². The van der Waals surface area contributed by atoms with Gasteiger partial charge in [0.15, 0.2) is 0 Å². The van der Waals surface area contributed by atoms with Gasteiger partial charge >= 0.3 is 0 Å². The summed E-state index contributed by atoms with van der Waals surface area (Å²) in [5.74, 6) is 1.81. The van der Waals surface area contributed by atoms with Gasteiger partial charge in [-0.25, -0.2) is 0 Å². The predicted molar refractivity (Wildman–Crippen MR) is 85.7 cm³/mol. The van der Waals surface area contributed by atoms with Gasteiger partial charge in [0, 0.05) is 24.9 Å². The summed E-state index contributed by atoms with van der Waals surface area (Å²) in [5, 5.41) is 3.62. The minimum absolute atomic E-state index is 0.497. The number of rotatable bonds is 5. The van der Waals surface area contributed by atoms with E-state index in [-0.39, 0.29) is 0 Å². The van der Waals surface area contributed by atoms with Gasteiger partial charge in [0.2, 0.25) is 0 Å². The van der Waals surface area contributed by atoms with Crippen LogP contribution in [0.1, 0.15) is 52.1 Å². The molecule has 1 saturated carbocycles. The standard InChI is InChI=1S/C18H30N2/c1-18(2,3)16-9-7-15(8-10-16)14-19-13-11-17-6-4-5-12-20-17/h4-6,12,15-16,19H,7-11,13-14H2,1-3H3. The van der Waals surface area contributed by atoms with Gasteiger partial charge in [0.1, 0.15) is 0 Å². The number of nitrogens with one attached hydrogen (secondary N) is 1. The zero-order valence-electron chi connectivity index (χ0n) is 13.4. The highest BCUT2D eigenvalue weighted by Crippen LogP contribution is 2.39. The molecule has 0 amide bonds. The van der Waals surface area contributed by atoms with Gasteiger partial charge in [-0.05, 0) is 61.6 Å². The molecule has 0 spiro atoms. The van der Waals surface area contributed by atoms with Crippen molar-refractivity contribution in [2.24, 2.45) is 17.3 Å². The summed E-state index contributed by atoms with van der Waals surface area (Å²) < 4.78 is 0. The molecule has 1 aliphatic rings. The molecule has 2 rings (SSSR count). The predicted octanol–water partition coefficient (Wildman–Crippen LogP) is 4.07. The molecule has 2 heteroatoms. The van der Waals surface area contributed by atoms with Crippen molar-refractivity contribution in [3.05, 3.63) is 30.1 Å². The number of hydrogen-bond acceptors (Lipinski definition) is 2. The van der Waals surface area contributed by atoms with Crippen molar-refractivity contribution < 1.29 is 0 Å². The van der Waals surface area contributed by atoms with Crippen LogP contribution in [0, 0.1) is 17.3 Å². The fourth-order valence-electron chi connectivity index (χ4n) is 3.30. The Morgan fingerprint density at radius 1 is 1.15 bits per heavy atom. The van der Waals surface area contributed by atoms with Crippen LogP contribution in [-0.2, 0) is 6.42 Å². The molecule has 0 aromatic carbocycles. The van der Waals surface area contributed by atoms with Crippen LogP contribution in [0.15, 0.2) is 24.4 Å². The van der Waals surface area contributed by atoms with Crippen LogP contribution < -0.4 is 5.32 Å². The van der Waals surface area contributed by atoms with Crippen molar-refractivity contribution in [2.75, 3.05) is 13.1 Å². The first-order chi connectivity index (χ1) is 9.55. The van der Waals surface area contributed by atoms with E-state index in [4.69, 9.17) is 0 Å².